The Morgan fingerprint density at radius 2 is 2.14 bits per heavy atom. The molecule has 0 spiro atoms. The first-order valence-corrected chi connectivity index (χ1v) is 8.04. The lowest BCUT2D eigenvalue weighted by atomic mass is 9.76. The Kier molecular flexibility index (Phi) is 4.81. The van der Waals surface area contributed by atoms with E-state index in [-0.39, 0.29) is 12.1 Å². The summed E-state index contributed by atoms with van der Waals surface area (Å²) < 4.78 is 6.14. The molecular weight excluding hydrogens is 265 g/mol. The zero-order chi connectivity index (χ0) is 15.8. The van der Waals surface area contributed by atoms with Crippen molar-refractivity contribution in [1.29, 1.82) is 0 Å². The van der Waals surface area contributed by atoms with Gasteiger partial charge in [0.05, 0.1) is 12.1 Å². The van der Waals surface area contributed by atoms with Crippen molar-refractivity contribution >= 4 is 19.4 Å². The summed E-state index contributed by atoms with van der Waals surface area (Å²) in [6.07, 6.45) is 4.04. The molecule has 116 valence electrons. The Balaban J connectivity index is 2.09. The van der Waals surface area contributed by atoms with Gasteiger partial charge in [-0.3, -0.25) is 9.59 Å². The lowest BCUT2D eigenvalue weighted by Crippen LogP contribution is -2.47. The van der Waals surface area contributed by atoms with Gasteiger partial charge in [-0.2, -0.15) is 0 Å². The first kappa shape index (κ1) is 16.5. The summed E-state index contributed by atoms with van der Waals surface area (Å²) in [6, 6.07) is 0.0299. The summed E-state index contributed by atoms with van der Waals surface area (Å²) in [5.74, 6) is 0.849. The van der Waals surface area contributed by atoms with Crippen molar-refractivity contribution in [3.63, 3.8) is 0 Å². The number of rotatable bonds is 3. The lowest BCUT2D eigenvalue weighted by molar-refractivity contribution is -0.123. The summed E-state index contributed by atoms with van der Waals surface area (Å²) in [4.78, 5) is 25.0. The van der Waals surface area contributed by atoms with Gasteiger partial charge in [-0.25, -0.2) is 0 Å². The smallest absolute Gasteiger partial charge is 0.200 e. The van der Waals surface area contributed by atoms with Crippen molar-refractivity contribution in [1.82, 2.24) is 4.90 Å². The van der Waals surface area contributed by atoms with E-state index in [0.717, 1.165) is 19.3 Å². The first-order chi connectivity index (χ1) is 9.76. The zero-order valence-corrected chi connectivity index (χ0v) is 13.6. The molecule has 4 nitrogen and oxygen atoms in total. The summed E-state index contributed by atoms with van der Waals surface area (Å²) in [7, 11) is 5.54. The second-order valence-corrected chi connectivity index (χ2v) is 7.04. The highest BCUT2D eigenvalue weighted by Crippen LogP contribution is 2.40. The van der Waals surface area contributed by atoms with Crippen LogP contribution >= 0.6 is 0 Å². The van der Waals surface area contributed by atoms with E-state index in [9.17, 15) is 9.59 Å². The standard InChI is InChI=1S/C16H26BNO3/c1-5-13-14(21-16(3,4)18(13)15(17)20)9-11-6-7-12(19)8-10(11)2/h10-11,13-14H,5-9H2,1-4H3/t10?,11?,13-,14+/m0/s1. The van der Waals surface area contributed by atoms with Crippen LogP contribution in [0.3, 0.4) is 0 Å². The fraction of sp³-hybridized carbons (Fsp3) is 0.875. The molecule has 0 bridgehead atoms. The van der Waals surface area contributed by atoms with Gasteiger partial charge in [0.25, 0.3) is 0 Å². The third kappa shape index (κ3) is 3.33. The highest BCUT2D eigenvalue weighted by molar-refractivity contribution is 6.57. The van der Waals surface area contributed by atoms with Crippen LogP contribution in [0.15, 0.2) is 0 Å². The Hall–Kier alpha value is -0.835. The fourth-order valence-electron chi connectivity index (χ4n) is 4.06. The Bertz CT molecular complexity index is 424. The number of ether oxygens (including phenoxy) is 1. The molecule has 0 aromatic heterocycles. The molecular formula is C16H26BNO3. The van der Waals surface area contributed by atoms with E-state index in [0.29, 0.717) is 30.5 Å². The molecule has 2 fully saturated rings. The molecule has 0 aromatic carbocycles. The SMILES string of the molecule is [B]C(=O)N1[C@@H](CC)[C@@H](CC2CCC(=O)CC2C)OC1(C)C. The van der Waals surface area contributed by atoms with Crippen LogP contribution in [0.1, 0.15) is 59.8 Å². The van der Waals surface area contributed by atoms with Crippen molar-refractivity contribution < 1.29 is 14.3 Å². The zero-order valence-electron chi connectivity index (χ0n) is 13.6. The van der Waals surface area contributed by atoms with E-state index in [2.05, 4.69) is 13.8 Å². The number of carbonyl (C=O) groups is 2. The Morgan fingerprint density at radius 3 is 2.67 bits per heavy atom. The van der Waals surface area contributed by atoms with Crippen LogP contribution in [0.5, 0.6) is 0 Å². The minimum absolute atomic E-state index is 0.0122. The van der Waals surface area contributed by atoms with Gasteiger partial charge in [-0.05, 0) is 44.9 Å². The largest absolute Gasteiger partial charge is 0.351 e. The molecule has 0 N–H and O–H groups in total. The van der Waals surface area contributed by atoms with Gasteiger partial charge in [0.15, 0.2) is 5.81 Å². The number of Topliss-reactive ketones (excluding diaryl/α,β-unsaturated/α-hetero) is 1. The Labute approximate surface area is 129 Å². The monoisotopic (exact) mass is 291 g/mol. The molecule has 2 aliphatic rings. The first-order valence-electron chi connectivity index (χ1n) is 8.04. The highest BCUT2D eigenvalue weighted by atomic mass is 16.5. The molecule has 1 aliphatic carbocycles. The van der Waals surface area contributed by atoms with Gasteiger partial charge in [0.1, 0.15) is 11.5 Å². The van der Waals surface area contributed by atoms with E-state index < -0.39 is 11.5 Å². The average Bonchev–Trinajstić information content (AvgIpc) is 2.63. The van der Waals surface area contributed by atoms with E-state index in [1.165, 1.54) is 0 Å². The number of amides is 1. The lowest BCUT2D eigenvalue weighted by Gasteiger charge is -2.33. The van der Waals surface area contributed by atoms with Gasteiger partial charge < -0.3 is 9.64 Å². The number of nitrogens with zero attached hydrogens (tertiary/aromatic N) is 1. The number of hydrogen-bond donors (Lipinski definition) is 0. The second kappa shape index (κ2) is 6.11. The molecule has 1 saturated heterocycles. The summed E-state index contributed by atoms with van der Waals surface area (Å²) >= 11 is 0. The van der Waals surface area contributed by atoms with Crippen LogP contribution in [-0.2, 0) is 9.53 Å². The molecule has 2 rings (SSSR count). The Morgan fingerprint density at radius 1 is 1.48 bits per heavy atom. The van der Waals surface area contributed by atoms with Gasteiger partial charge >= 0.3 is 0 Å². The van der Waals surface area contributed by atoms with Crippen molar-refractivity contribution in [3.05, 3.63) is 0 Å². The second-order valence-electron chi connectivity index (χ2n) is 7.04. The summed E-state index contributed by atoms with van der Waals surface area (Å²) in [5, 5.41) is 0. The van der Waals surface area contributed by atoms with Crippen molar-refractivity contribution in [2.24, 2.45) is 11.8 Å². The topological polar surface area (TPSA) is 46.6 Å². The molecule has 4 atom stereocenters. The normalized spacial score (nSPS) is 36.0. The van der Waals surface area contributed by atoms with Gasteiger partial charge in [-0.1, -0.05) is 13.8 Å². The van der Waals surface area contributed by atoms with Crippen molar-refractivity contribution in [2.45, 2.75) is 77.7 Å². The predicted molar refractivity (Wildman–Crippen MR) is 82.1 cm³/mol. The molecule has 5 heteroatoms. The summed E-state index contributed by atoms with van der Waals surface area (Å²) in [5.41, 5.74) is -0.648. The van der Waals surface area contributed by atoms with E-state index >= 15 is 0 Å². The number of ketones is 1. The molecule has 1 amide bonds. The van der Waals surface area contributed by atoms with E-state index in [1.807, 2.05) is 13.8 Å². The van der Waals surface area contributed by atoms with Gasteiger partial charge in [0.2, 0.25) is 7.85 Å². The molecule has 21 heavy (non-hydrogen) atoms. The summed E-state index contributed by atoms with van der Waals surface area (Å²) in [6.45, 7) is 8.00. The van der Waals surface area contributed by atoms with E-state index in [4.69, 9.17) is 12.6 Å². The third-order valence-electron chi connectivity index (χ3n) is 5.12. The van der Waals surface area contributed by atoms with Crippen LogP contribution < -0.4 is 0 Å². The minimum atomic E-state index is -0.648. The van der Waals surface area contributed by atoms with Crippen molar-refractivity contribution in [2.75, 3.05) is 0 Å². The molecule has 0 aromatic rings. The molecule has 2 unspecified atom stereocenters. The third-order valence-corrected chi connectivity index (χ3v) is 5.12. The van der Waals surface area contributed by atoms with Crippen LogP contribution in [0, 0.1) is 11.8 Å². The van der Waals surface area contributed by atoms with Crippen LogP contribution in [0.2, 0.25) is 0 Å². The van der Waals surface area contributed by atoms with Gasteiger partial charge in [-0.15, -0.1) is 0 Å². The number of carbonyl (C=O) groups excluding carboxylic acids is 2. The van der Waals surface area contributed by atoms with Crippen LogP contribution in [0.4, 0.5) is 4.79 Å². The maximum absolute atomic E-state index is 11.8. The number of hydrogen-bond acceptors (Lipinski definition) is 3. The van der Waals surface area contributed by atoms with Crippen LogP contribution in [-0.4, -0.2) is 42.2 Å². The molecule has 2 radical (unpaired) electrons. The molecule has 1 heterocycles. The molecule has 1 aliphatic heterocycles. The van der Waals surface area contributed by atoms with Gasteiger partial charge in [0, 0.05) is 12.8 Å². The van der Waals surface area contributed by atoms with Crippen molar-refractivity contribution in [3.8, 4) is 0 Å². The quantitative estimate of drug-likeness (QED) is 0.751. The van der Waals surface area contributed by atoms with Crippen LogP contribution in [0.25, 0.3) is 0 Å². The maximum atomic E-state index is 11.8. The average molecular weight is 291 g/mol. The molecule has 1 saturated carbocycles. The fourth-order valence-corrected chi connectivity index (χ4v) is 4.06. The predicted octanol–water partition coefficient (Wildman–Crippen LogP) is 2.89. The maximum Gasteiger partial charge on any atom is 0.200 e. The highest BCUT2D eigenvalue weighted by Gasteiger charge is 2.48. The van der Waals surface area contributed by atoms with E-state index in [1.54, 1.807) is 4.90 Å². The minimum Gasteiger partial charge on any atom is -0.351 e.